The molecule has 2 aromatic carbocycles. The van der Waals surface area contributed by atoms with E-state index in [0.717, 1.165) is 19.6 Å². The Labute approximate surface area is 158 Å². The summed E-state index contributed by atoms with van der Waals surface area (Å²) >= 11 is 5.94. The molecule has 1 N–H and O–H groups in total. The second-order valence-electron chi connectivity index (χ2n) is 7.38. The average molecular weight is 373 g/mol. The van der Waals surface area contributed by atoms with E-state index in [9.17, 15) is 9.18 Å². The molecule has 2 aliphatic rings. The second kappa shape index (κ2) is 7.01. The van der Waals surface area contributed by atoms with Crippen LogP contribution in [0.15, 0.2) is 42.5 Å². The van der Waals surface area contributed by atoms with Gasteiger partial charge in [0.25, 0.3) is 0 Å². The predicted octanol–water partition coefficient (Wildman–Crippen LogP) is 3.75. The van der Waals surface area contributed by atoms with Gasteiger partial charge in [-0.2, -0.15) is 0 Å². The zero-order valence-electron chi connectivity index (χ0n) is 14.7. The van der Waals surface area contributed by atoms with Crippen molar-refractivity contribution in [3.05, 3.63) is 70.0 Å². The molecule has 3 atom stereocenters. The molecule has 0 aromatic heterocycles. The van der Waals surface area contributed by atoms with Gasteiger partial charge in [-0.05, 0) is 47.7 Å². The van der Waals surface area contributed by atoms with Gasteiger partial charge in [-0.3, -0.25) is 4.79 Å². The number of rotatable bonds is 3. The van der Waals surface area contributed by atoms with Gasteiger partial charge in [0, 0.05) is 30.6 Å². The predicted molar refractivity (Wildman–Crippen MR) is 101 cm³/mol. The topological polar surface area (TPSA) is 32.3 Å². The van der Waals surface area contributed by atoms with Crippen molar-refractivity contribution in [2.75, 3.05) is 19.6 Å². The minimum absolute atomic E-state index is 0.0364. The van der Waals surface area contributed by atoms with E-state index in [2.05, 4.69) is 24.4 Å². The Morgan fingerprint density at radius 1 is 1.27 bits per heavy atom. The maximum atomic E-state index is 13.6. The van der Waals surface area contributed by atoms with Crippen LogP contribution in [0.25, 0.3) is 0 Å². The normalized spacial score (nSPS) is 24.7. The standard InChI is InChI=1S/C21H22ClFN2O/c1-13-4-2-3-5-18(13)21-19-11-24-10-15(19)12-25(21)20(26)8-14-6-16(22)9-17(23)7-14/h2-7,9,15,19,21,24H,8,10-12H2,1H3/t15-,19-,21+/m0/s1. The molecule has 2 saturated heterocycles. The molecule has 4 rings (SSSR count). The first-order valence-electron chi connectivity index (χ1n) is 9.03. The summed E-state index contributed by atoms with van der Waals surface area (Å²) in [6.07, 6.45) is 0.173. The smallest absolute Gasteiger partial charge is 0.227 e. The van der Waals surface area contributed by atoms with Crippen molar-refractivity contribution in [3.63, 3.8) is 0 Å². The molecule has 0 spiro atoms. The highest BCUT2D eigenvalue weighted by atomic mass is 35.5. The molecule has 0 radical (unpaired) electrons. The van der Waals surface area contributed by atoms with Crippen LogP contribution in [-0.4, -0.2) is 30.4 Å². The summed E-state index contributed by atoms with van der Waals surface area (Å²) in [5, 5.41) is 3.79. The highest BCUT2D eigenvalue weighted by Crippen LogP contribution is 2.43. The third-order valence-electron chi connectivity index (χ3n) is 5.67. The fraction of sp³-hybridized carbons (Fsp3) is 0.381. The fourth-order valence-corrected chi connectivity index (χ4v) is 4.73. The van der Waals surface area contributed by atoms with Crippen LogP contribution >= 0.6 is 11.6 Å². The number of aryl methyl sites for hydroxylation is 1. The Bertz CT molecular complexity index is 820. The first-order valence-corrected chi connectivity index (χ1v) is 9.41. The van der Waals surface area contributed by atoms with Crippen LogP contribution in [0.4, 0.5) is 4.39 Å². The fourth-order valence-electron chi connectivity index (χ4n) is 4.48. The van der Waals surface area contributed by atoms with Crippen molar-refractivity contribution >= 4 is 17.5 Å². The number of amides is 1. The number of carbonyl (C=O) groups excluding carboxylic acids is 1. The van der Waals surface area contributed by atoms with Gasteiger partial charge in [-0.15, -0.1) is 0 Å². The largest absolute Gasteiger partial charge is 0.335 e. The molecular weight excluding hydrogens is 351 g/mol. The lowest BCUT2D eigenvalue weighted by Crippen LogP contribution is -2.36. The molecule has 0 saturated carbocycles. The van der Waals surface area contributed by atoms with Crippen molar-refractivity contribution < 1.29 is 9.18 Å². The summed E-state index contributed by atoms with van der Waals surface area (Å²) in [6.45, 7) is 4.72. The maximum absolute atomic E-state index is 13.6. The number of nitrogens with zero attached hydrogens (tertiary/aromatic N) is 1. The van der Waals surface area contributed by atoms with Crippen LogP contribution in [0.2, 0.25) is 5.02 Å². The van der Waals surface area contributed by atoms with E-state index in [1.54, 1.807) is 6.07 Å². The van der Waals surface area contributed by atoms with Crippen molar-refractivity contribution in [3.8, 4) is 0 Å². The van der Waals surface area contributed by atoms with Gasteiger partial charge in [0.15, 0.2) is 0 Å². The molecule has 2 heterocycles. The molecule has 2 aromatic rings. The lowest BCUT2D eigenvalue weighted by molar-refractivity contribution is -0.131. The maximum Gasteiger partial charge on any atom is 0.227 e. The Kier molecular flexibility index (Phi) is 4.72. The van der Waals surface area contributed by atoms with Gasteiger partial charge in [-0.25, -0.2) is 4.39 Å². The second-order valence-corrected chi connectivity index (χ2v) is 7.82. The number of halogens is 2. The molecule has 0 bridgehead atoms. The molecule has 0 aliphatic carbocycles. The van der Waals surface area contributed by atoms with Crippen LogP contribution in [0.5, 0.6) is 0 Å². The third-order valence-corrected chi connectivity index (χ3v) is 5.89. The highest BCUT2D eigenvalue weighted by Gasteiger charge is 2.46. The molecule has 5 heteroatoms. The van der Waals surface area contributed by atoms with Gasteiger partial charge in [-0.1, -0.05) is 35.9 Å². The monoisotopic (exact) mass is 372 g/mol. The van der Waals surface area contributed by atoms with Crippen molar-refractivity contribution in [2.45, 2.75) is 19.4 Å². The van der Waals surface area contributed by atoms with E-state index in [0.29, 0.717) is 22.4 Å². The summed E-state index contributed by atoms with van der Waals surface area (Å²) in [6, 6.07) is 12.7. The minimum atomic E-state index is -0.404. The van der Waals surface area contributed by atoms with Gasteiger partial charge < -0.3 is 10.2 Å². The molecule has 2 fully saturated rings. The molecule has 2 aliphatic heterocycles. The van der Waals surface area contributed by atoms with E-state index in [1.807, 2.05) is 17.0 Å². The number of nitrogens with one attached hydrogen (secondary N) is 1. The van der Waals surface area contributed by atoms with Crippen LogP contribution < -0.4 is 5.32 Å². The molecule has 0 unspecified atom stereocenters. The van der Waals surface area contributed by atoms with Gasteiger partial charge in [0.05, 0.1) is 12.5 Å². The molecule has 136 valence electrons. The van der Waals surface area contributed by atoms with Crippen LogP contribution in [0.3, 0.4) is 0 Å². The lowest BCUT2D eigenvalue weighted by Gasteiger charge is -2.29. The highest BCUT2D eigenvalue weighted by molar-refractivity contribution is 6.30. The number of carbonyl (C=O) groups is 1. The van der Waals surface area contributed by atoms with Crippen molar-refractivity contribution in [1.82, 2.24) is 10.2 Å². The van der Waals surface area contributed by atoms with E-state index < -0.39 is 5.82 Å². The molecule has 26 heavy (non-hydrogen) atoms. The quantitative estimate of drug-likeness (QED) is 0.890. The van der Waals surface area contributed by atoms with Crippen LogP contribution in [0.1, 0.15) is 22.7 Å². The Morgan fingerprint density at radius 2 is 2.08 bits per heavy atom. The summed E-state index contributed by atoms with van der Waals surface area (Å²) < 4.78 is 13.6. The minimum Gasteiger partial charge on any atom is -0.335 e. The number of fused-ring (bicyclic) bond motifs is 1. The summed E-state index contributed by atoms with van der Waals surface area (Å²) in [4.78, 5) is 15.1. The van der Waals surface area contributed by atoms with Crippen LogP contribution in [-0.2, 0) is 11.2 Å². The third kappa shape index (κ3) is 3.24. The zero-order valence-corrected chi connectivity index (χ0v) is 15.5. The Hall–Kier alpha value is -1.91. The number of benzene rings is 2. The SMILES string of the molecule is Cc1ccccc1[C@@H]1[C@H]2CNC[C@H]2CN1C(=O)Cc1cc(F)cc(Cl)c1. The summed E-state index contributed by atoms with van der Waals surface area (Å²) in [7, 11) is 0. The van der Waals surface area contributed by atoms with Crippen molar-refractivity contribution in [2.24, 2.45) is 11.8 Å². The van der Waals surface area contributed by atoms with E-state index in [1.165, 1.54) is 23.3 Å². The van der Waals surface area contributed by atoms with E-state index in [-0.39, 0.29) is 18.4 Å². The van der Waals surface area contributed by atoms with Crippen LogP contribution in [0, 0.1) is 24.6 Å². The average Bonchev–Trinajstić information content (AvgIpc) is 3.15. The van der Waals surface area contributed by atoms with Gasteiger partial charge in [0.2, 0.25) is 5.91 Å². The molecular formula is C21H22ClFN2O. The van der Waals surface area contributed by atoms with E-state index >= 15 is 0 Å². The van der Waals surface area contributed by atoms with Gasteiger partial charge in [0.1, 0.15) is 5.82 Å². The lowest BCUT2D eigenvalue weighted by atomic mass is 9.87. The number of likely N-dealkylation sites (tertiary alicyclic amines) is 1. The molecule has 1 amide bonds. The summed E-state index contributed by atoms with van der Waals surface area (Å²) in [5.74, 6) is 0.531. The first-order chi connectivity index (χ1) is 12.5. The Morgan fingerprint density at radius 3 is 2.85 bits per heavy atom. The van der Waals surface area contributed by atoms with Crippen molar-refractivity contribution in [1.29, 1.82) is 0 Å². The van der Waals surface area contributed by atoms with E-state index in [4.69, 9.17) is 11.6 Å². The zero-order chi connectivity index (χ0) is 18.3. The first kappa shape index (κ1) is 17.5. The number of hydrogen-bond acceptors (Lipinski definition) is 2. The molecule has 3 nitrogen and oxygen atoms in total. The number of hydrogen-bond donors (Lipinski definition) is 1. The summed E-state index contributed by atoms with van der Waals surface area (Å²) in [5.41, 5.74) is 3.05. The Balaban J connectivity index is 1.63. The van der Waals surface area contributed by atoms with Gasteiger partial charge >= 0.3 is 0 Å².